The normalized spacial score (nSPS) is 14.8. The van der Waals surface area contributed by atoms with Crippen molar-refractivity contribution in [2.24, 2.45) is 5.73 Å². The van der Waals surface area contributed by atoms with Crippen molar-refractivity contribution in [3.8, 4) is 6.07 Å². The van der Waals surface area contributed by atoms with Crippen molar-refractivity contribution < 1.29 is 0 Å². The van der Waals surface area contributed by atoms with Crippen molar-refractivity contribution >= 4 is 0 Å². The molecule has 1 saturated carbocycles. The molecule has 1 fully saturated rings. The van der Waals surface area contributed by atoms with Gasteiger partial charge in [-0.25, -0.2) is 0 Å². The van der Waals surface area contributed by atoms with E-state index in [1.807, 2.05) is 24.3 Å². The summed E-state index contributed by atoms with van der Waals surface area (Å²) in [6.45, 7) is 8.68. The molecule has 2 heteroatoms. The van der Waals surface area contributed by atoms with E-state index >= 15 is 0 Å². The third-order valence-corrected chi connectivity index (χ3v) is 4.60. The molecule has 0 aromatic heterocycles. The van der Waals surface area contributed by atoms with Gasteiger partial charge in [-0.05, 0) is 53.5 Å². The van der Waals surface area contributed by atoms with E-state index in [4.69, 9.17) is 11.0 Å². The molecule has 3 rings (SSSR count). The molecule has 0 unspecified atom stereocenters. The summed E-state index contributed by atoms with van der Waals surface area (Å²) in [7, 11) is 0. The molecule has 0 radical (unpaired) electrons. The molecule has 1 aliphatic carbocycles. The van der Waals surface area contributed by atoms with E-state index in [9.17, 15) is 0 Å². The lowest BCUT2D eigenvalue weighted by atomic mass is 9.97. The van der Waals surface area contributed by atoms with Gasteiger partial charge in [0.2, 0.25) is 0 Å². The molecule has 0 atom stereocenters. The molecule has 126 valence electrons. The van der Waals surface area contributed by atoms with Crippen molar-refractivity contribution in [1.82, 2.24) is 0 Å². The lowest BCUT2D eigenvalue weighted by Crippen LogP contribution is -2.18. The summed E-state index contributed by atoms with van der Waals surface area (Å²) in [6.07, 6.45) is 2.29. The summed E-state index contributed by atoms with van der Waals surface area (Å²) >= 11 is 0. The van der Waals surface area contributed by atoms with E-state index in [0.29, 0.717) is 11.8 Å². The van der Waals surface area contributed by atoms with E-state index in [1.54, 1.807) is 0 Å². The molecule has 0 aliphatic heterocycles. The quantitative estimate of drug-likeness (QED) is 0.818. The molecule has 0 amide bonds. The first kappa shape index (κ1) is 18.2. The Labute approximate surface area is 146 Å². The number of benzene rings is 2. The Morgan fingerprint density at radius 2 is 1.46 bits per heavy atom. The van der Waals surface area contributed by atoms with E-state index in [0.717, 1.165) is 18.4 Å². The minimum Gasteiger partial charge on any atom is -0.321 e. The smallest absolute Gasteiger partial charge is 0.0991 e. The average molecular weight is 320 g/mol. The van der Waals surface area contributed by atoms with E-state index in [1.165, 1.54) is 16.7 Å². The summed E-state index contributed by atoms with van der Waals surface area (Å²) in [5.41, 5.74) is 10.8. The average Bonchev–Trinajstić information content (AvgIpc) is 3.34. The second kappa shape index (κ2) is 7.64. The van der Waals surface area contributed by atoms with Gasteiger partial charge in [-0.2, -0.15) is 5.26 Å². The standard InChI is InChI=1S/C12H17N.C10H11N/c1-9(2)10-4-3-5-11(8-10)12(13)6-7-12;1-8(2)10-5-3-4-9(6-10)7-11/h3-5,8-9H,6-7,13H2,1-2H3;3-6,8H,1-2H3. The fourth-order valence-electron chi connectivity index (χ4n) is 2.60. The molecule has 1 aliphatic rings. The monoisotopic (exact) mass is 320 g/mol. The Morgan fingerprint density at radius 1 is 0.917 bits per heavy atom. The van der Waals surface area contributed by atoms with Gasteiger partial charge in [0.05, 0.1) is 11.6 Å². The maximum atomic E-state index is 8.59. The van der Waals surface area contributed by atoms with Gasteiger partial charge in [0.1, 0.15) is 0 Å². The topological polar surface area (TPSA) is 49.8 Å². The molecular formula is C22H28N2. The maximum Gasteiger partial charge on any atom is 0.0991 e. The van der Waals surface area contributed by atoms with Crippen LogP contribution in [0.3, 0.4) is 0 Å². The molecule has 2 aromatic rings. The van der Waals surface area contributed by atoms with Gasteiger partial charge in [0.25, 0.3) is 0 Å². The zero-order chi connectivity index (χ0) is 17.7. The highest BCUT2D eigenvalue weighted by Gasteiger charge is 2.39. The molecular weight excluding hydrogens is 292 g/mol. The second-order valence-electron chi connectivity index (χ2n) is 7.33. The first-order chi connectivity index (χ1) is 11.4. The van der Waals surface area contributed by atoms with Crippen molar-refractivity contribution in [2.75, 3.05) is 0 Å². The fourth-order valence-corrected chi connectivity index (χ4v) is 2.60. The lowest BCUT2D eigenvalue weighted by molar-refractivity contribution is 0.734. The van der Waals surface area contributed by atoms with E-state index < -0.39 is 0 Å². The van der Waals surface area contributed by atoms with Crippen LogP contribution in [-0.4, -0.2) is 0 Å². The molecule has 0 bridgehead atoms. The molecule has 0 spiro atoms. The molecule has 0 heterocycles. The minimum atomic E-state index is 0.0188. The highest BCUT2D eigenvalue weighted by atomic mass is 14.8. The Balaban J connectivity index is 0.000000177. The van der Waals surface area contributed by atoms with Gasteiger partial charge >= 0.3 is 0 Å². The van der Waals surface area contributed by atoms with Gasteiger partial charge in [-0.15, -0.1) is 0 Å². The van der Waals surface area contributed by atoms with Crippen molar-refractivity contribution in [3.63, 3.8) is 0 Å². The highest BCUT2D eigenvalue weighted by Crippen LogP contribution is 2.43. The molecule has 2 nitrogen and oxygen atoms in total. The number of nitriles is 1. The first-order valence-electron chi connectivity index (χ1n) is 8.75. The summed E-state index contributed by atoms with van der Waals surface area (Å²) in [5.74, 6) is 1.10. The van der Waals surface area contributed by atoms with Crippen molar-refractivity contribution in [1.29, 1.82) is 5.26 Å². The van der Waals surface area contributed by atoms with Crippen LogP contribution in [-0.2, 0) is 5.54 Å². The number of rotatable bonds is 3. The van der Waals surface area contributed by atoms with Gasteiger partial charge < -0.3 is 5.73 Å². The number of hydrogen-bond donors (Lipinski definition) is 1. The first-order valence-corrected chi connectivity index (χ1v) is 8.75. The zero-order valence-electron chi connectivity index (χ0n) is 15.2. The lowest BCUT2D eigenvalue weighted by Gasteiger charge is -2.12. The Hall–Kier alpha value is -2.11. The predicted molar refractivity (Wildman–Crippen MR) is 101 cm³/mol. The highest BCUT2D eigenvalue weighted by molar-refractivity contribution is 5.35. The van der Waals surface area contributed by atoms with Crippen LogP contribution in [0, 0.1) is 11.3 Å². The van der Waals surface area contributed by atoms with Crippen LogP contribution in [0.5, 0.6) is 0 Å². The third-order valence-electron chi connectivity index (χ3n) is 4.60. The molecule has 2 N–H and O–H groups in total. The van der Waals surface area contributed by atoms with E-state index in [-0.39, 0.29) is 5.54 Å². The third kappa shape index (κ3) is 4.69. The van der Waals surface area contributed by atoms with Crippen molar-refractivity contribution in [3.05, 3.63) is 70.8 Å². The van der Waals surface area contributed by atoms with Crippen LogP contribution in [0.25, 0.3) is 0 Å². The number of hydrogen-bond acceptors (Lipinski definition) is 2. The van der Waals surface area contributed by atoms with Crippen LogP contribution in [0.15, 0.2) is 48.5 Å². The van der Waals surface area contributed by atoms with Crippen LogP contribution >= 0.6 is 0 Å². The largest absolute Gasteiger partial charge is 0.321 e. The van der Waals surface area contributed by atoms with Crippen LogP contribution in [0.1, 0.15) is 74.6 Å². The maximum absolute atomic E-state index is 8.59. The van der Waals surface area contributed by atoms with Gasteiger partial charge in [0.15, 0.2) is 0 Å². The Morgan fingerprint density at radius 3 is 1.96 bits per heavy atom. The van der Waals surface area contributed by atoms with Gasteiger partial charge in [-0.1, -0.05) is 64.1 Å². The summed E-state index contributed by atoms with van der Waals surface area (Å²) < 4.78 is 0. The minimum absolute atomic E-state index is 0.0188. The van der Waals surface area contributed by atoms with Crippen LogP contribution < -0.4 is 5.73 Å². The number of nitrogens with zero attached hydrogens (tertiary/aromatic N) is 1. The van der Waals surface area contributed by atoms with Crippen LogP contribution in [0.2, 0.25) is 0 Å². The van der Waals surface area contributed by atoms with Gasteiger partial charge in [-0.3, -0.25) is 0 Å². The molecule has 0 saturated heterocycles. The Bertz CT molecular complexity index is 719. The van der Waals surface area contributed by atoms with Gasteiger partial charge in [0, 0.05) is 5.54 Å². The summed E-state index contributed by atoms with van der Waals surface area (Å²) in [5, 5.41) is 8.59. The second-order valence-corrected chi connectivity index (χ2v) is 7.33. The molecule has 24 heavy (non-hydrogen) atoms. The van der Waals surface area contributed by atoms with Crippen molar-refractivity contribution in [2.45, 2.75) is 57.9 Å². The van der Waals surface area contributed by atoms with Crippen LogP contribution in [0.4, 0.5) is 0 Å². The summed E-state index contributed by atoms with van der Waals surface area (Å²) in [6, 6.07) is 18.6. The fraction of sp³-hybridized carbons (Fsp3) is 0.409. The number of nitrogens with two attached hydrogens (primary N) is 1. The SMILES string of the molecule is CC(C)c1cccc(C#N)c1.CC(C)c1cccc(C2(N)CC2)c1. The Kier molecular flexibility index (Phi) is 5.80. The zero-order valence-corrected chi connectivity index (χ0v) is 15.2. The van der Waals surface area contributed by atoms with E-state index in [2.05, 4.69) is 58.0 Å². The predicted octanol–water partition coefficient (Wildman–Crippen LogP) is 5.44. The molecule has 2 aromatic carbocycles. The summed E-state index contributed by atoms with van der Waals surface area (Å²) in [4.78, 5) is 0.